The molecule has 0 spiro atoms. The molecule has 3 rings (SSSR count). The lowest BCUT2D eigenvalue weighted by molar-refractivity contribution is -0.140. The van der Waals surface area contributed by atoms with Crippen LogP contribution in [0.4, 0.5) is 13.2 Å². The molecule has 1 aromatic heterocycles. The lowest BCUT2D eigenvalue weighted by Gasteiger charge is -2.19. The predicted molar refractivity (Wildman–Crippen MR) is 103 cm³/mol. The van der Waals surface area contributed by atoms with Crippen LogP contribution in [0.1, 0.15) is 26.5 Å². The van der Waals surface area contributed by atoms with Gasteiger partial charge in [-0.1, -0.05) is 13.8 Å². The number of guanidine groups is 1. The Hall–Kier alpha value is -2.60. The summed E-state index contributed by atoms with van der Waals surface area (Å²) >= 11 is 0. The van der Waals surface area contributed by atoms with Gasteiger partial charge < -0.3 is 10.3 Å². The van der Waals surface area contributed by atoms with E-state index in [1.54, 1.807) is 5.01 Å². The van der Waals surface area contributed by atoms with Gasteiger partial charge in [0.2, 0.25) is 5.96 Å². The standard InChI is InChI=1S/C9H6F3NO3S.C8H16N4/c10-9(11,12)8-4-5-3-6(17(14,15)16)1-2-7(5)13-8;1-4-10-7(9)12-6-8(2,3)5-11-12/h1-4,13H,(H,14,15,16);5H,4,6H2,1-3H3,(H2,9,10). The van der Waals surface area contributed by atoms with E-state index in [-0.39, 0.29) is 16.3 Å². The molecule has 8 nitrogen and oxygen atoms in total. The van der Waals surface area contributed by atoms with Crippen molar-refractivity contribution in [1.29, 1.82) is 5.41 Å². The fourth-order valence-electron chi connectivity index (χ4n) is 2.51. The number of hydrazone groups is 1. The number of hydrogen-bond donors (Lipinski definition) is 4. The minimum absolute atomic E-state index is 0.0625. The minimum Gasteiger partial charge on any atom is -0.355 e. The third kappa shape index (κ3) is 5.94. The second-order valence-electron chi connectivity index (χ2n) is 7.07. The Morgan fingerprint density at radius 1 is 1.38 bits per heavy atom. The summed E-state index contributed by atoms with van der Waals surface area (Å²) < 4.78 is 67.4. The molecule has 1 aliphatic rings. The number of nitrogens with one attached hydrogen (secondary N) is 3. The van der Waals surface area contributed by atoms with Crippen LogP contribution in [0, 0.1) is 10.8 Å². The highest BCUT2D eigenvalue weighted by atomic mass is 32.2. The zero-order chi connectivity index (χ0) is 22.0. The summed E-state index contributed by atoms with van der Waals surface area (Å²) in [7, 11) is -4.42. The molecule has 4 N–H and O–H groups in total. The smallest absolute Gasteiger partial charge is 0.355 e. The molecule has 29 heavy (non-hydrogen) atoms. The van der Waals surface area contributed by atoms with Gasteiger partial charge in [-0.15, -0.1) is 0 Å². The van der Waals surface area contributed by atoms with Gasteiger partial charge in [0.15, 0.2) is 0 Å². The zero-order valence-electron chi connectivity index (χ0n) is 16.0. The maximum Gasteiger partial charge on any atom is 0.431 e. The van der Waals surface area contributed by atoms with Crippen LogP contribution in [0.3, 0.4) is 0 Å². The maximum absolute atomic E-state index is 12.4. The molecule has 0 amide bonds. The van der Waals surface area contributed by atoms with E-state index in [2.05, 4.69) is 29.2 Å². The molecule has 0 aliphatic carbocycles. The van der Waals surface area contributed by atoms with Crippen molar-refractivity contribution in [3.63, 3.8) is 0 Å². The third-order valence-electron chi connectivity index (χ3n) is 3.90. The van der Waals surface area contributed by atoms with E-state index in [1.165, 1.54) is 0 Å². The lowest BCUT2D eigenvalue weighted by Crippen LogP contribution is -2.38. The molecule has 0 saturated heterocycles. The molecular formula is C17H22F3N5O3S. The first-order chi connectivity index (χ1) is 13.2. The van der Waals surface area contributed by atoms with E-state index in [9.17, 15) is 21.6 Å². The number of rotatable bonds is 2. The van der Waals surface area contributed by atoms with Crippen molar-refractivity contribution < 1.29 is 26.1 Å². The number of aromatic amines is 1. The fraction of sp³-hybridized carbons (Fsp3) is 0.412. The molecule has 1 aliphatic heterocycles. The van der Waals surface area contributed by atoms with E-state index in [4.69, 9.17) is 9.96 Å². The minimum atomic E-state index is -4.53. The van der Waals surface area contributed by atoms with Gasteiger partial charge in [-0.25, -0.2) is 5.01 Å². The SMILES string of the molecule is CCNC(=N)N1CC(C)(C)C=N1.O=S(=O)(O)c1ccc2[nH]c(C(F)(F)F)cc2c1. The van der Waals surface area contributed by atoms with Crippen LogP contribution in [0.5, 0.6) is 0 Å². The second kappa shape index (κ2) is 8.03. The molecule has 2 aromatic rings. The number of hydrogen-bond acceptors (Lipinski definition) is 4. The van der Waals surface area contributed by atoms with Crippen LogP contribution < -0.4 is 5.32 Å². The highest BCUT2D eigenvalue weighted by Gasteiger charge is 2.32. The summed E-state index contributed by atoms with van der Waals surface area (Å²) in [5.74, 6) is 0.388. The summed E-state index contributed by atoms with van der Waals surface area (Å²) in [6.45, 7) is 7.75. The van der Waals surface area contributed by atoms with Crippen molar-refractivity contribution >= 4 is 33.2 Å². The summed E-state index contributed by atoms with van der Waals surface area (Å²) in [5.41, 5.74) is -0.730. The van der Waals surface area contributed by atoms with E-state index < -0.39 is 26.9 Å². The first-order valence-corrected chi connectivity index (χ1v) is 9.99. The molecule has 0 unspecified atom stereocenters. The first kappa shape index (κ1) is 22.7. The van der Waals surface area contributed by atoms with Gasteiger partial charge in [0, 0.05) is 29.1 Å². The fourth-order valence-corrected chi connectivity index (χ4v) is 3.03. The Balaban J connectivity index is 0.000000221. The monoisotopic (exact) mass is 433 g/mol. The van der Waals surface area contributed by atoms with Crippen molar-refractivity contribution in [3.05, 3.63) is 30.0 Å². The van der Waals surface area contributed by atoms with Crippen LogP contribution in [-0.2, 0) is 16.3 Å². The average molecular weight is 433 g/mol. The molecule has 0 atom stereocenters. The van der Waals surface area contributed by atoms with Crippen LogP contribution >= 0.6 is 0 Å². The van der Waals surface area contributed by atoms with Gasteiger partial charge in [-0.2, -0.15) is 26.7 Å². The number of aromatic nitrogens is 1. The molecule has 1 aromatic carbocycles. The summed E-state index contributed by atoms with van der Waals surface area (Å²) in [5, 5.41) is 16.4. The molecular weight excluding hydrogens is 411 g/mol. The quantitative estimate of drug-likeness (QED) is 0.329. The van der Waals surface area contributed by atoms with Crippen molar-refractivity contribution in [2.24, 2.45) is 10.5 Å². The van der Waals surface area contributed by atoms with E-state index in [0.717, 1.165) is 37.4 Å². The molecule has 0 bridgehead atoms. The van der Waals surface area contributed by atoms with Crippen molar-refractivity contribution in [2.75, 3.05) is 13.1 Å². The highest BCUT2D eigenvalue weighted by molar-refractivity contribution is 7.85. The van der Waals surface area contributed by atoms with Gasteiger partial charge in [-0.05, 0) is 31.2 Å². The van der Waals surface area contributed by atoms with Crippen molar-refractivity contribution in [2.45, 2.75) is 31.8 Å². The Labute approximate surface area is 166 Å². The van der Waals surface area contributed by atoms with Gasteiger partial charge in [0.25, 0.3) is 10.1 Å². The van der Waals surface area contributed by atoms with Crippen LogP contribution in [-0.4, -0.2) is 48.2 Å². The summed E-state index contributed by atoms with van der Waals surface area (Å²) in [6.07, 6.45) is -2.64. The van der Waals surface area contributed by atoms with Gasteiger partial charge in [0.05, 0.1) is 11.4 Å². The number of alkyl halides is 3. The van der Waals surface area contributed by atoms with Crippen LogP contribution in [0.25, 0.3) is 10.9 Å². The van der Waals surface area contributed by atoms with E-state index in [0.29, 0.717) is 5.96 Å². The molecule has 2 heterocycles. The Bertz CT molecular complexity index is 1030. The van der Waals surface area contributed by atoms with Gasteiger partial charge in [0.1, 0.15) is 5.69 Å². The molecule has 0 saturated carbocycles. The Morgan fingerprint density at radius 2 is 2.03 bits per heavy atom. The van der Waals surface area contributed by atoms with Crippen molar-refractivity contribution in [3.8, 4) is 0 Å². The van der Waals surface area contributed by atoms with Crippen molar-refractivity contribution in [1.82, 2.24) is 15.3 Å². The molecule has 0 radical (unpaired) electrons. The zero-order valence-corrected chi connectivity index (χ0v) is 16.8. The molecule has 0 fully saturated rings. The van der Waals surface area contributed by atoms with Gasteiger partial charge in [-0.3, -0.25) is 9.96 Å². The number of benzene rings is 1. The number of H-pyrrole nitrogens is 1. The highest BCUT2D eigenvalue weighted by Crippen LogP contribution is 2.31. The Kier molecular flexibility index (Phi) is 6.28. The third-order valence-corrected chi connectivity index (χ3v) is 4.75. The number of fused-ring (bicyclic) bond motifs is 1. The molecule has 12 heteroatoms. The van der Waals surface area contributed by atoms with Gasteiger partial charge >= 0.3 is 6.18 Å². The second-order valence-corrected chi connectivity index (χ2v) is 8.50. The van der Waals surface area contributed by atoms with Crippen LogP contribution in [0.15, 0.2) is 34.3 Å². The maximum atomic E-state index is 12.4. The largest absolute Gasteiger partial charge is 0.431 e. The molecule has 160 valence electrons. The summed E-state index contributed by atoms with van der Waals surface area (Å²) in [6, 6.07) is 3.93. The van der Waals surface area contributed by atoms with Crippen LogP contribution in [0.2, 0.25) is 0 Å². The Morgan fingerprint density at radius 3 is 2.52 bits per heavy atom. The van der Waals surface area contributed by atoms with E-state index in [1.807, 2.05) is 13.1 Å². The first-order valence-electron chi connectivity index (χ1n) is 8.55. The topological polar surface area (TPSA) is 122 Å². The summed E-state index contributed by atoms with van der Waals surface area (Å²) in [4.78, 5) is 1.67. The van der Waals surface area contributed by atoms with E-state index >= 15 is 0 Å². The predicted octanol–water partition coefficient (Wildman–Crippen LogP) is 3.29. The normalized spacial score (nSPS) is 15.9. The average Bonchev–Trinajstić information content (AvgIpc) is 3.17. The number of nitrogens with zero attached hydrogens (tertiary/aromatic N) is 2. The lowest BCUT2D eigenvalue weighted by atomic mass is 9.97. The number of halogens is 3.